The molecule has 6 nitrogen and oxygen atoms in total. The predicted molar refractivity (Wildman–Crippen MR) is 123 cm³/mol. The fourth-order valence-corrected chi connectivity index (χ4v) is 5.12. The number of fused-ring (bicyclic) bond motifs is 3. The summed E-state index contributed by atoms with van der Waals surface area (Å²) in [5.41, 5.74) is 11.6. The van der Waals surface area contributed by atoms with Gasteiger partial charge in [0, 0.05) is 18.8 Å². The van der Waals surface area contributed by atoms with E-state index in [2.05, 4.69) is 54.4 Å². The molecule has 2 aliphatic carbocycles. The van der Waals surface area contributed by atoms with Gasteiger partial charge in [-0.25, -0.2) is 0 Å². The van der Waals surface area contributed by atoms with Crippen LogP contribution in [-0.4, -0.2) is 46.9 Å². The first-order valence-electron chi connectivity index (χ1n) is 11.1. The minimum Gasteiger partial charge on any atom is -0.480 e. The highest BCUT2D eigenvalue weighted by atomic mass is 16.4. The minimum atomic E-state index is -1.35. The van der Waals surface area contributed by atoms with Crippen LogP contribution < -0.4 is 10.6 Å². The molecule has 1 saturated carbocycles. The molecule has 0 radical (unpaired) electrons. The molecule has 0 heterocycles. The Morgan fingerprint density at radius 1 is 1.13 bits per heavy atom. The lowest BCUT2D eigenvalue weighted by Gasteiger charge is -2.48. The molecular weight excluding hydrogens is 391 g/mol. The average molecular weight is 422 g/mol. The molecule has 0 saturated heterocycles. The van der Waals surface area contributed by atoms with Crippen LogP contribution in [0.25, 0.3) is 11.1 Å². The van der Waals surface area contributed by atoms with Crippen molar-refractivity contribution in [2.45, 2.75) is 56.4 Å². The summed E-state index contributed by atoms with van der Waals surface area (Å²) in [6.45, 7) is 0. The third kappa shape index (κ3) is 4.22. The molecular formula is C24H31BN2O4. The number of carbonyl (C=O) groups is 1. The van der Waals surface area contributed by atoms with Gasteiger partial charge in [-0.1, -0.05) is 43.2 Å². The van der Waals surface area contributed by atoms with Crippen LogP contribution in [-0.2, 0) is 11.2 Å². The van der Waals surface area contributed by atoms with Crippen molar-refractivity contribution in [2.24, 2.45) is 11.7 Å². The van der Waals surface area contributed by atoms with Crippen molar-refractivity contribution in [1.29, 1.82) is 0 Å². The minimum absolute atomic E-state index is 0.0739. The lowest BCUT2D eigenvalue weighted by molar-refractivity contribution is -0.147. The summed E-state index contributed by atoms with van der Waals surface area (Å²) >= 11 is 0. The summed E-state index contributed by atoms with van der Waals surface area (Å²) in [6, 6.07) is 15.4. The summed E-state index contributed by atoms with van der Waals surface area (Å²) in [6.07, 6.45) is 4.17. The highest BCUT2D eigenvalue weighted by molar-refractivity contribution is 6.40. The van der Waals surface area contributed by atoms with Gasteiger partial charge in [-0.2, -0.15) is 0 Å². The first kappa shape index (κ1) is 21.9. The Labute approximate surface area is 183 Å². The molecule has 0 spiro atoms. The van der Waals surface area contributed by atoms with Crippen LogP contribution in [0.15, 0.2) is 42.5 Å². The van der Waals surface area contributed by atoms with Gasteiger partial charge in [0.1, 0.15) is 5.54 Å². The number of benzene rings is 2. The van der Waals surface area contributed by atoms with Crippen molar-refractivity contribution in [2.75, 3.05) is 11.9 Å². The molecule has 1 atom stereocenters. The highest BCUT2D eigenvalue weighted by Crippen LogP contribution is 2.43. The van der Waals surface area contributed by atoms with Crippen molar-refractivity contribution in [3.05, 3.63) is 53.6 Å². The molecule has 0 aliphatic heterocycles. The lowest BCUT2D eigenvalue weighted by atomic mass is 9.65. The molecule has 7 heteroatoms. The van der Waals surface area contributed by atoms with Gasteiger partial charge in [-0.15, -0.1) is 0 Å². The van der Waals surface area contributed by atoms with Gasteiger partial charge in [-0.3, -0.25) is 4.79 Å². The van der Waals surface area contributed by atoms with E-state index in [-0.39, 0.29) is 18.3 Å². The first-order chi connectivity index (χ1) is 14.8. The van der Waals surface area contributed by atoms with E-state index in [1.54, 1.807) is 0 Å². The van der Waals surface area contributed by atoms with Crippen molar-refractivity contribution in [3.63, 3.8) is 0 Å². The molecule has 2 aromatic rings. The highest BCUT2D eigenvalue weighted by Gasteiger charge is 2.49. The molecule has 31 heavy (non-hydrogen) atoms. The molecule has 164 valence electrons. The number of nitrogens with two attached hydrogens (primary N) is 1. The van der Waals surface area contributed by atoms with Crippen LogP contribution in [0.1, 0.15) is 43.2 Å². The van der Waals surface area contributed by atoms with Crippen molar-refractivity contribution in [1.82, 2.24) is 0 Å². The Bertz CT molecular complexity index is 960. The Kier molecular flexibility index (Phi) is 6.10. The third-order valence-corrected chi connectivity index (χ3v) is 7.27. The Morgan fingerprint density at radius 3 is 2.55 bits per heavy atom. The summed E-state index contributed by atoms with van der Waals surface area (Å²) in [7, 11) is 0.727. The van der Waals surface area contributed by atoms with Gasteiger partial charge >= 0.3 is 13.1 Å². The van der Waals surface area contributed by atoms with Crippen LogP contribution in [0.5, 0.6) is 0 Å². The predicted octanol–water partition coefficient (Wildman–Crippen LogP) is 2.90. The van der Waals surface area contributed by atoms with E-state index in [0.717, 1.165) is 24.9 Å². The van der Waals surface area contributed by atoms with Crippen LogP contribution in [0, 0.1) is 5.92 Å². The summed E-state index contributed by atoms with van der Waals surface area (Å²) < 4.78 is 0. The van der Waals surface area contributed by atoms with Gasteiger partial charge in [0.15, 0.2) is 0 Å². The molecule has 0 unspecified atom stereocenters. The van der Waals surface area contributed by atoms with E-state index in [1.165, 1.54) is 22.3 Å². The smallest absolute Gasteiger partial charge is 0.451 e. The maximum Gasteiger partial charge on any atom is 0.451 e. The van der Waals surface area contributed by atoms with E-state index in [1.807, 2.05) is 0 Å². The number of anilines is 1. The number of aliphatic carboxylic acids is 1. The fraction of sp³-hybridized carbons (Fsp3) is 0.458. The maximum absolute atomic E-state index is 11.9. The molecule has 0 amide bonds. The number of hydrogen-bond donors (Lipinski definition) is 4. The van der Waals surface area contributed by atoms with E-state index < -0.39 is 18.6 Å². The van der Waals surface area contributed by atoms with E-state index in [0.29, 0.717) is 19.3 Å². The molecule has 0 aromatic heterocycles. The number of carboxylic acid groups (broad SMARTS) is 1. The second kappa shape index (κ2) is 8.65. The molecule has 1 fully saturated rings. The Balaban J connectivity index is 1.38. The van der Waals surface area contributed by atoms with Crippen LogP contribution >= 0.6 is 0 Å². The fourth-order valence-electron chi connectivity index (χ4n) is 5.12. The lowest BCUT2D eigenvalue weighted by Crippen LogP contribution is -2.61. The van der Waals surface area contributed by atoms with Gasteiger partial charge in [-0.05, 0) is 72.3 Å². The van der Waals surface area contributed by atoms with Crippen LogP contribution in [0.3, 0.4) is 0 Å². The van der Waals surface area contributed by atoms with Crippen molar-refractivity contribution >= 4 is 18.8 Å². The van der Waals surface area contributed by atoms with Gasteiger partial charge in [0.25, 0.3) is 0 Å². The second-order valence-electron chi connectivity index (χ2n) is 9.18. The van der Waals surface area contributed by atoms with Gasteiger partial charge in [0.2, 0.25) is 0 Å². The number of carboxylic acids is 1. The Morgan fingerprint density at radius 2 is 1.84 bits per heavy atom. The number of nitrogens with zero attached hydrogens (tertiary/aromatic N) is 1. The number of unbranched alkanes of at least 4 members (excludes halogenated alkanes) is 1. The Hall–Kier alpha value is -2.35. The largest absolute Gasteiger partial charge is 0.480 e. The number of rotatable bonds is 9. The summed E-state index contributed by atoms with van der Waals surface area (Å²) in [5, 5.41) is 27.7. The third-order valence-electron chi connectivity index (χ3n) is 7.27. The van der Waals surface area contributed by atoms with E-state index in [4.69, 9.17) is 15.8 Å². The molecule has 2 aliphatic rings. The molecule has 4 rings (SSSR count). The zero-order valence-electron chi connectivity index (χ0n) is 18.0. The van der Waals surface area contributed by atoms with Gasteiger partial charge in [0.05, 0.1) is 0 Å². The van der Waals surface area contributed by atoms with Crippen molar-refractivity contribution < 1.29 is 19.9 Å². The van der Waals surface area contributed by atoms with Crippen LogP contribution in [0.2, 0.25) is 6.32 Å². The van der Waals surface area contributed by atoms with Gasteiger partial charge < -0.3 is 25.8 Å². The zero-order chi connectivity index (χ0) is 22.2. The van der Waals surface area contributed by atoms with Crippen LogP contribution in [0.4, 0.5) is 5.69 Å². The normalized spacial score (nSPS) is 20.9. The molecule has 0 bridgehead atoms. The van der Waals surface area contributed by atoms with E-state index in [9.17, 15) is 9.90 Å². The standard InChI is InChI=1S/C24H31BN2O4/c1-27(19-8-9-22-17(13-19)12-16-6-2-3-7-21(16)22)20-14-18(15-20)24(26,23(28)29)10-4-5-11-25(30)31/h2-3,6-9,13,18,20,30-31H,4-5,10-12,14-15,26H2,1H3,(H,28,29)/t18?,20?,24-/m0/s1. The molecule has 2 aromatic carbocycles. The first-order valence-corrected chi connectivity index (χ1v) is 11.1. The monoisotopic (exact) mass is 422 g/mol. The quantitative estimate of drug-likeness (QED) is 0.312. The summed E-state index contributed by atoms with van der Waals surface area (Å²) in [4.78, 5) is 14.2. The maximum atomic E-state index is 11.9. The average Bonchev–Trinajstić information content (AvgIpc) is 3.07. The van der Waals surface area contributed by atoms with Crippen molar-refractivity contribution in [3.8, 4) is 11.1 Å². The SMILES string of the molecule is CN(c1ccc2c(c1)Cc1ccccc1-2)C1CC([C@@](N)(CCCCB(O)O)C(=O)O)C1. The van der Waals surface area contributed by atoms with E-state index >= 15 is 0 Å². The summed E-state index contributed by atoms with van der Waals surface area (Å²) in [5.74, 6) is -1.03. The molecule has 5 N–H and O–H groups in total. The zero-order valence-corrected chi connectivity index (χ0v) is 18.0. The number of hydrogen-bond acceptors (Lipinski definition) is 5. The topological polar surface area (TPSA) is 107 Å². The second-order valence-corrected chi connectivity index (χ2v) is 9.18.